The largest absolute Gasteiger partial charge is 0.445 e. The van der Waals surface area contributed by atoms with Crippen LogP contribution < -0.4 is 11.1 Å². The molecule has 3 N–H and O–H groups in total. The SMILES string of the molecule is CC(C)(C)NC(=O)OCc1cccc(N)c1. The first-order valence-corrected chi connectivity index (χ1v) is 5.16. The maximum Gasteiger partial charge on any atom is 0.407 e. The Balaban J connectivity index is 2.43. The third-order valence-electron chi connectivity index (χ3n) is 1.80. The number of hydrogen-bond donors (Lipinski definition) is 2. The molecule has 4 heteroatoms. The molecular weight excluding hydrogens is 204 g/mol. The number of alkyl carbamates (subject to hydrolysis) is 1. The Bertz CT molecular complexity index is 370. The van der Waals surface area contributed by atoms with E-state index in [2.05, 4.69) is 5.32 Å². The molecule has 0 saturated heterocycles. The van der Waals surface area contributed by atoms with Gasteiger partial charge in [-0.2, -0.15) is 0 Å². The average Bonchev–Trinajstić information content (AvgIpc) is 2.12. The molecule has 0 aliphatic rings. The minimum atomic E-state index is -0.421. The lowest BCUT2D eigenvalue weighted by molar-refractivity contribution is 0.131. The van der Waals surface area contributed by atoms with Crippen LogP contribution >= 0.6 is 0 Å². The van der Waals surface area contributed by atoms with Crippen molar-refractivity contribution in [2.75, 3.05) is 5.73 Å². The van der Waals surface area contributed by atoms with Crippen molar-refractivity contribution in [1.82, 2.24) is 5.32 Å². The Kier molecular flexibility index (Phi) is 3.77. The third-order valence-corrected chi connectivity index (χ3v) is 1.80. The highest BCUT2D eigenvalue weighted by Crippen LogP contribution is 2.08. The molecule has 1 aromatic rings. The zero-order chi connectivity index (χ0) is 12.2. The van der Waals surface area contributed by atoms with Crippen molar-refractivity contribution in [2.45, 2.75) is 32.9 Å². The Labute approximate surface area is 95.8 Å². The number of nitrogens with one attached hydrogen (secondary N) is 1. The summed E-state index contributed by atoms with van der Waals surface area (Å²) in [6, 6.07) is 7.26. The second-order valence-corrected chi connectivity index (χ2v) is 4.70. The van der Waals surface area contributed by atoms with Crippen LogP contribution in [0.2, 0.25) is 0 Å². The molecule has 0 spiro atoms. The van der Waals surface area contributed by atoms with Crippen LogP contribution in [0.15, 0.2) is 24.3 Å². The Hall–Kier alpha value is -1.71. The van der Waals surface area contributed by atoms with Crippen LogP contribution in [0.3, 0.4) is 0 Å². The summed E-state index contributed by atoms with van der Waals surface area (Å²) in [5.41, 5.74) is 6.87. The summed E-state index contributed by atoms with van der Waals surface area (Å²) < 4.78 is 5.05. The van der Waals surface area contributed by atoms with E-state index in [-0.39, 0.29) is 12.1 Å². The quantitative estimate of drug-likeness (QED) is 0.754. The van der Waals surface area contributed by atoms with E-state index in [1.807, 2.05) is 32.9 Å². The fourth-order valence-electron chi connectivity index (χ4n) is 1.17. The van der Waals surface area contributed by atoms with Crippen LogP contribution in [0.5, 0.6) is 0 Å². The number of anilines is 1. The number of nitrogen functional groups attached to an aromatic ring is 1. The normalized spacial score (nSPS) is 10.9. The summed E-state index contributed by atoms with van der Waals surface area (Å²) in [6.07, 6.45) is -0.421. The summed E-state index contributed by atoms with van der Waals surface area (Å²) in [6.45, 7) is 5.92. The summed E-state index contributed by atoms with van der Waals surface area (Å²) >= 11 is 0. The molecule has 0 aliphatic carbocycles. The van der Waals surface area contributed by atoms with Gasteiger partial charge in [-0.25, -0.2) is 4.79 Å². The van der Waals surface area contributed by atoms with Crippen LogP contribution in [-0.2, 0) is 11.3 Å². The topological polar surface area (TPSA) is 64.3 Å². The molecule has 1 rings (SSSR count). The van der Waals surface area contributed by atoms with Crippen LogP contribution in [0.4, 0.5) is 10.5 Å². The molecule has 1 amide bonds. The minimum Gasteiger partial charge on any atom is -0.445 e. The molecule has 0 atom stereocenters. The Morgan fingerprint density at radius 1 is 1.44 bits per heavy atom. The number of hydrogen-bond acceptors (Lipinski definition) is 3. The number of benzene rings is 1. The zero-order valence-electron chi connectivity index (χ0n) is 9.91. The smallest absolute Gasteiger partial charge is 0.407 e. The predicted octanol–water partition coefficient (Wildman–Crippen LogP) is 2.29. The fourth-order valence-corrected chi connectivity index (χ4v) is 1.17. The second-order valence-electron chi connectivity index (χ2n) is 4.70. The Morgan fingerprint density at radius 3 is 2.69 bits per heavy atom. The van der Waals surface area contributed by atoms with Gasteiger partial charge in [0.1, 0.15) is 6.61 Å². The highest BCUT2D eigenvalue weighted by molar-refractivity contribution is 5.68. The van der Waals surface area contributed by atoms with Crippen molar-refractivity contribution in [3.63, 3.8) is 0 Å². The van der Waals surface area contributed by atoms with Gasteiger partial charge in [-0.05, 0) is 38.5 Å². The van der Waals surface area contributed by atoms with Gasteiger partial charge in [0.2, 0.25) is 0 Å². The lowest BCUT2D eigenvalue weighted by Crippen LogP contribution is -2.40. The van der Waals surface area contributed by atoms with Crippen LogP contribution in [0.1, 0.15) is 26.3 Å². The molecule has 0 fully saturated rings. The monoisotopic (exact) mass is 222 g/mol. The van der Waals surface area contributed by atoms with E-state index < -0.39 is 6.09 Å². The first kappa shape index (κ1) is 12.4. The van der Waals surface area contributed by atoms with Crippen LogP contribution in [0.25, 0.3) is 0 Å². The highest BCUT2D eigenvalue weighted by atomic mass is 16.5. The molecule has 0 heterocycles. The van der Waals surface area contributed by atoms with Crippen molar-refractivity contribution in [2.24, 2.45) is 0 Å². The number of carbonyl (C=O) groups is 1. The molecule has 1 aromatic carbocycles. The summed E-state index contributed by atoms with van der Waals surface area (Å²) in [5, 5.41) is 2.71. The first-order valence-electron chi connectivity index (χ1n) is 5.16. The van der Waals surface area contributed by atoms with Crippen molar-refractivity contribution in [3.05, 3.63) is 29.8 Å². The lowest BCUT2D eigenvalue weighted by Gasteiger charge is -2.19. The zero-order valence-corrected chi connectivity index (χ0v) is 9.91. The molecule has 0 saturated carbocycles. The van der Waals surface area contributed by atoms with E-state index >= 15 is 0 Å². The van der Waals surface area contributed by atoms with Crippen molar-refractivity contribution < 1.29 is 9.53 Å². The van der Waals surface area contributed by atoms with Crippen molar-refractivity contribution in [3.8, 4) is 0 Å². The Morgan fingerprint density at radius 2 is 2.12 bits per heavy atom. The number of rotatable bonds is 2. The van der Waals surface area contributed by atoms with Crippen molar-refractivity contribution in [1.29, 1.82) is 0 Å². The van der Waals surface area contributed by atoms with E-state index in [4.69, 9.17) is 10.5 Å². The van der Waals surface area contributed by atoms with Crippen molar-refractivity contribution >= 4 is 11.8 Å². The molecule has 0 aromatic heterocycles. The number of nitrogens with two attached hydrogens (primary N) is 1. The van der Waals surface area contributed by atoms with E-state index in [1.165, 1.54) is 0 Å². The summed E-state index contributed by atoms with van der Waals surface area (Å²) in [4.78, 5) is 11.4. The van der Waals surface area contributed by atoms with E-state index in [0.717, 1.165) is 5.56 Å². The van der Waals surface area contributed by atoms with Crippen LogP contribution in [0, 0.1) is 0 Å². The standard InChI is InChI=1S/C12H18N2O2/c1-12(2,3)14-11(15)16-8-9-5-4-6-10(13)7-9/h4-7H,8,13H2,1-3H3,(H,14,15). The van der Waals surface area contributed by atoms with Gasteiger partial charge in [-0.3, -0.25) is 0 Å². The number of ether oxygens (including phenoxy) is 1. The third kappa shape index (κ3) is 4.68. The number of carbonyl (C=O) groups excluding carboxylic acids is 1. The minimum absolute atomic E-state index is 0.229. The van der Waals surface area contributed by atoms with E-state index in [1.54, 1.807) is 12.1 Å². The summed E-state index contributed by atoms with van der Waals surface area (Å²) in [7, 11) is 0. The molecule has 4 nitrogen and oxygen atoms in total. The molecule has 0 bridgehead atoms. The molecular formula is C12H18N2O2. The van der Waals surface area contributed by atoms with Gasteiger partial charge in [-0.1, -0.05) is 12.1 Å². The van der Waals surface area contributed by atoms with Gasteiger partial charge in [0.05, 0.1) is 0 Å². The maximum atomic E-state index is 11.4. The molecule has 0 radical (unpaired) electrons. The van der Waals surface area contributed by atoms with Gasteiger partial charge in [0.15, 0.2) is 0 Å². The number of amides is 1. The average molecular weight is 222 g/mol. The summed E-state index contributed by atoms with van der Waals surface area (Å²) in [5.74, 6) is 0. The maximum absolute atomic E-state index is 11.4. The molecule has 88 valence electrons. The van der Waals surface area contributed by atoms with Gasteiger partial charge in [0, 0.05) is 11.2 Å². The lowest BCUT2D eigenvalue weighted by atomic mass is 10.1. The molecule has 16 heavy (non-hydrogen) atoms. The second kappa shape index (κ2) is 4.88. The highest BCUT2D eigenvalue weighted by Gasteiger charge is 2.14. The van der Waals surface area contributed by atoms with Gasteiger partial charge in [-0.15, -0.1) is 0 Å². The van der Waals surface area contributed by atoms with E-state index in [9.17, 15) is 4.79 Å². The molecule has 0 aliphatic heterocycles. The molecule has 0 unspecified atom stereocenters. The van der Waals surface area contributed by atoms with E-state index in [0.29, 0.717) is 5.69 Å². The first-order chi connectivity index (χ1) is 7.37. The predicted molar refractivity (Wildman–Crippen MR) is 63.9 cm³/mol. The van der Waals surface area contributed by atoms with Crippen LogP contribution in [-0.4, -0.2) is 11.6 Å². The van der Waals surface area contributed by atoms with Gasteiger partial charge in [0.25, 0.3) is 0 Å². The fraction of sp³-hybridized carbons (Fsp3) is 0.417. The van der Waals surface area contributed by atoms with Gasteiger partial charge < -0.3 is 15.8 Å². The van der Waals surface area contributed by atoms with Gasteiger partial charge >= 0.3 is 6.09 Å².